The number of methoxy groups -OCH3 is 1. The Balaban J connectivity index is 1.43. The molecule has 0 saturated heterocycles. The van der Waals surface area contributed by atoms with E-state index >= 15 is 0 Å². The first kappa shape index (κ1) is 26.0. The molecule has 4 rings (SSSR count). The first-order valence-corrected chi connectivity index (χ1v) is 11.8. The minimum absolute atomic E-state index is 0.00654. The number of anilines is 2. The summed E-state index contributed by atoms with van der Waals surface area (Å²) in [5.41, 5.74) is 2.78. The predicted octanol–water partition coefficient (Wildman–Crippen LogP) is 5.25. The summed E-state index contributed by atoms with van der Waals surface area (Å²) in [5, 5.41) is 12.3. The van der Waals surface area contributed by atoms with Gasteiger partial charge in [0.15, 0.2) is 17.3 Å². The molecule has 3 aromatic rings. The highest BCUT2D eigenvalue weighted by atomic mass is 35.5. The highest BCUT2D eigenvalue weighted by Gasteiger charge is 2.21. The summed E-state index contributed by atoms with van der Waals surface area (Å²) >= 11 is 5.91. The van der Waals surface area contributed by atoms with Gasteiger partial charge in [-0.3, -0.25) is 10.0 Å². The highest BCUT2D eigenvalue weighted by molar-refractivity contribution is 6.31. The van der Waals surface area contributed by atoms with Crippen LogP contribution in [0.3, 0.4) is 0 Å². The number of fused-ring (bicyclic) bond motifs is 1. The van der Waals surface area contributed by atoms with E-state index in [-0.39, 0.29) is 11.4 Å². The largest absolute Gasteiger partial charge is 0.493 e. The number of amides is 1. The van der Waals surface area contributed by atoms with Gasteiger partial charge in [-0.25, -0.2) is 19.8 Å². The Morgan fingerprint density at radius 2 is 2.14 bits per heavy atom. The number of hydrogen-bond acceptors (Lipinski definition) is 8. The first-order valence-electron chi connectivity index (χ1n) is 11.5. The van der Waals surface area contributed by atoms with Gasteiger partial charge in [-0.15, -0.1) is 0 Å². The molecule has 1 aromatic heterocycles. The number of hydrogen-bond donors (Lipinski definition) is 3. The zero-order valence-electron chi connectivity index (χ0n) is 19.9. The third kappa shape index (κ3) is 6.78. The van der Waals surface area contributed by atoms with Gasteiger partial charge < -0.3 is 19.5 Å². The van der Waals surface area contributed by atoms with E-state index < -0.39 is 18.0 Å². The summed E-state index contributed by atoms with van der Waals surface area (Å²) in [6.45, 7) is 0. The number of ether oxygens (including phenoxy) is 3. The van der Waals surface area contributed by atoms with Crippen molar-refractivity contribution in [3.63, 3.8) is 0 Å². The maximum absolute atomic E-state index is 13.5. The second-order valence-electron chi connectivity index (χ2n) is 8.01. The van der Waals surface area contributed by atoms with Crippen LogP contribution < -0.4 is 20.3 Å². The lowest BCUT2D eigenvalue weighted by molar-refractivity contribution is -0.129. The standard InChI is InChI=1S/C26H24ClFN4O5/c1-35-22-14-21-18(26(30-15-29-21)31-16-8-10-20(28)19(27)12-16)13-23(22)37-25-11-9-17(36-25)6-4-2-3-5-7-24(33)32-34/h8-10,12-15,25,34H,2-3,5,7,11H2,1H3,(H,32,33)(H,29,30,31). The lowest BCUT2D eigenvalue weighted by Crippen LogP contribution is -2.17. The summed E-state index contributed by atoms with van der Waals surface area (Å²) < 4.78 is 30.9. The van der Waals surface area contributed by atoms with Gasteiger partial charge in [0, 0.05) is 36.4 Å². The average Bonchev–Trinajstić information content (AvgIpc) is 3.35. The molecule has 3 N–H and O–H groups in total. The van der Waals surface area contributed by atoms with Crippen molar-refractivity contribution < 1.29 is 28.6 Å². The molecule has 0 bridgehead atoms. The van der Waals surface area contributed by atoms with Crippen molar-refractivity contribution >= 4 is 39.9 Å². The van der Waals surface area contributed by atoms with Crippen LogP contribution in [0.1, 0.15) is 32.1 Å². The van der Waals surface area contributed by atoms with Crippen molar-refractivity contribution in [3.05, 3.63) is 59.3 Å². The summed E-state index contributed by atoms with van der Waals surface area (Å²) in [7, 11) is 1.53. The fourth-order valence-corrected chi connectivity index (χ4v) is 3.75. The van der Waals surface area contributed by atoms with Gasteiger partial charge in [0.2, 0.25) is 12.2 Å². The van der Waals surface area contributed by atoms with Crippen LogP contribution in [0.25, 0.3) is 10.9 Å². The highest BCUT2D eigenvalue weighted by Crippen LogP contribution is 2.36. The minimum Gasteiger partial charge on any atom is -0.493 e. The van der Waals surface area contributed by atoms with E-state index in [1.165, 1.54) is 25.6 Å². The number of nitrogens with one attached hydrogen (secondary N) is 2. The smallest absolute Gasteiger partial charge is 0.245 e. The molecular weight excluding hydrogens is 503 g/mol. The van der Waals surface area contributed by atoms with Gasteiger partial charge in [-0.1, -0.05) is 17.5 Å². The number of nitrogens with zero attached hydrogens (tertiary/aromatic N) is 2. The van der Waals surface area contributed by atoms with E-state index in [4.69, 9.17) is 31.0 Å². The van der Waals surface area contributed by atoms with E-state index in [0.717, 1.165) is 6.42 Å². The molecule has 0 aliphatic carbocycles. The zero-order chi connectivity index (χ0) is 26.2. The molecule has 2 heterocycles. The number of carbonyl (C=O) groups excluding carboxylic acids is 1. The molecular formula is C26H24ClFN4O5. The van der Waals surface area contributed by atoms with Gasteiger partial charge in [-0.05, 0) is 49.1 Å². The van der Waals surface area contributed by atoms with Crippen LogP contribution in [0.5, 0.6) is 11.5 Å². The van der Waals surface area contributed by atoms with E-state index in [9.17, 15) is 9.18 Å². The molecule has 0 spiro atoms. The van der Waals surface area contributed by atoms with Crippen LogP contribution in [-0.4, -0.2) is 34.5 Å². The van der Waals surface area contributed by atoms with Crippen LogP contribution in [-0.2, 0) is 9.53 Å². The Kier molecular flexibility index (Phi) is 8.61. The number of halogens is 2. The molecule has 0 saturated carbocycles. The molecule has 37 heavy (non-hydrogen) atoms. The Hall–Kier alpha value is -4.07. The van der Waals surface area contributed by atoms with Crippen LogP contribution in [0.15, 0.2) is 48.5 Å². The van der Waals surface area contributed by atoms with Crippen molar-refractivity contribution in [1.82, 2.24) is 15.4 Å². The molecule has 9 nitrogen and oxygen atoms in total. The van der Waals surface area contributed by atoms with E-state index in [0.29, 0.717) is 58.9 Å². The van der Waals surface area contributed by atoms with Crippen molar-refractivity contribution in [2.45, 2.75) is 38.4 Å². The normalized spacial score (nSPS) is 14.3. The molecule has 1 unspecified atom stereocenters. The van der Waals surface area contributed by atoms with Gasteiger partial charge in [0.05, 0.1) is 17.6 Å². The first-order chi connectivity index (χ1) is 18.0. The maximum Gasteiger partial charge on any atom is 0.245 e. The fraction of sp³-hybridized carbons (Fsp3) is 0.269. The molecule has 192 valence electrons. The van der Waals surface area contributed by atoms with E-state index in [2.05, 4.69) is 27.1 Å². The topological polar surface area (TPSA) is 115 Å². The van der Waals surface area contributed by atoms with Crippen LogP contribution in [0.2, 0.25) is 5.02 Å². The number of benzene rings is 2. The molecule has 0 fully saturated rings. The second-order valence-corrected chi connectivity index (χ2v) is 8.42. The summed E-state index contributed by atoms with van der Waals surface area (Å²) in [6, 6.07) is 7.78. The number of unbranched alkanes of at least 4 members (excludes halogenated alkanes) is 2. The third-order valence-corrected chi connectivity index (χ3v) is 5.70. The average molecular weight is 527 g/mol. The van der Waals surface area contributed by atoms with Crippen LogP contribution in [0.4, 0.5) is 15.9 Å². The van der Waals surface area contributed by atoms with E-state index in [1.807, 2.05) is 6.08 Å². The summed E-state index contributed by atoms with van der Waals surface area (Å²) in [5.74, 6) is 6.95. The van der Waals surface area contributed by atoms with Gasteiger partial charge >= 0.3 is 0 Å². The number of carbonyl (C=O) groups is 1. The minimum atomic E-state index is -0.596. The second kappa shape index (κ2) is 12.3. The zero-order valence-corrected chi connectivity index (χ0v) is 20.6. The molecule has 2 aromatic carbocycles. The predicted molar refractivity (Wildman–Crippen MR) is 135 cm³/mol. The Bertz CT molecular complexity index is 1390. The molecule has 1 atom stereocenters. The number of rotatable bonds is 9. The summed E-state index contributed by atoms with van der Waals surface area (Å²) in [6.07, 6.45) is 5.35. The van der Waals surface area contributed by atoms with E-state index in [1.54, 1.807) is 23.7 Å². The fourth-order valence-electron chi connectivity index (χ4n) is 3.57. The van der Waals surface area contributed by atoms with Gasteiger partial charge in [0.1, 0.15) is 18.0 Å². The third-order valence-electron chi connectivity index (χ3n) is 5.41. The van der Waals surface area contributed by atoms with Crippen molar-refractivity contribution in [1.29, 1.82) is 0 Å². The molecule has 1 aliphatic heterocycles. The van der Waals surface area contributed by atoms with Crippen LogP contribution >= 0.6 is 11.6 Å². The Morgan fingerprint density at radius 1 is 1.27 bits per heavy atom. The number of aromatic nitrogens is 2. The Morgan fingerprint density at radius 3 is 2.92 bits per heavy atom. The lowest BCUT2D eigenvalue weighted by Gasteiger charge is -2.17. The van der Waals surface area contributed by atoms with Crippen molar-refractivity contribution in [3.8, 4) is 23.3 Å². The van der Waals surface area contributed by atoms with Gasteiger partial charge in [0.25, 0.3) is 0 Å². The number of hydroxylamine groups is 1. The lowest BCUT2D eigenvalue weighted by atomic mass is 10.2. The SMILES string of the molecule is COc1cc2ncnc(Nc3ccc(F)c(Cl)c3)c2cc1OC1CC=C(C#CCCCCC(=O)NO)O1. The Labute approximate surface area is 217 Å². The quantitative estimate of drug-likeness (QED) is 0.150. The maximum atomic E-state index is 13.5. The summed E-state index contributed by atoms with van der Waals surface area (Å²) in [4.78, 5) is 19.6. The van der Waals surface area contributed by atoms with Crippen LogP contribution in [0, 0.1) is 17.7 Å². The molecule has 0 radical (unpaired) electrons. The molecule has 1 amide bonds. The van der Waals surface area contributed by atoms with Crippen molar-refractivity contribution in [2.24, 2.45) is 0 Å². The van der Waals surface area contributed by atoms with Gasteiger partial charge in [-0.2, -0.15) is 0 Å². The molecule has 11 heteroatoms. The molecule has 1 aliphatic rings. The number of allylic oxidation sites excluding steroid dienone is 1. The monoisotopic (exact) mass is 526 g/mol. The van der Waals surface area contributed by atoms with Crippen molar-refractivity contribution in [2.75, 3.05) is 12.4 Å².